The number of urea groups is 1. The summed E-state index contributed by atoms with van der Waals surface area (Å²) in [5.41, 5.74) is 2.87. The van der Waals surface area contributed by atoms with Gasteiger partial charge < -0.3 is 24.8 Å². The van der Waals surface area contributed by atoms with Gasteiger partial charge in [-0.05, 0) is 48.6 Å². The number of nitrogens with one attached hydrogen (secondary N) is 1. The fraction of sp³-hybridized carbons (Fsp3) is 0.417. The molecule has 6 rings (SSSR count). The first-order valence-electron chi connectivity index (χ1n) is 12.0. The van der Waals surface area contributed by atoms with Crippen molar-refractivity contribution in [3.8, 4) is 11.5 Å². The fourth-order valence-electron chi connectivity index (χ4n) is 4.99. The van der Waals surface area contributed by atoms with Crippen molar-refractivity contribution in [3.63, 3.8) is 0 Å². The molecule has 0 unspecified atom stereocenters. The summed E-state index contributed by atoms with van der Waals surface area (Å²) in [5.74, 6) is 1.71. The first-order chi connectivity index (χ1) is 17.0. The van der Waals surface area contributed by atoms with Gasteiger partial charge in [0.25, 0.3) is 5.91 Å². The molecular weight excluding hydrogens is 448 g/mol. The maximum Gasteiger partial charge on any atom is 0.320 e. The van der Waals surface area contributed by atoms with Crippen LogP contribution in [0.5, 0.6) is 0 Å². The van der Waals surface area contributed by atoms with E-state index in [1.54, 1.807) is 28.1 Å². The highest BCUT2D eigenvalue weighted by Gasteiger charge is 2.30. The zero-order valence-corrected chi connectivity index (χ0v) is 19.2. The topological polar surface area (TPSA) is 129 Å². The minimum Gasteiger partial charge on any atom is -0.391 e. The number of amides is 3. The van der Waals surface area contributed by atoms with Crippen LogP contribution in [0.1, 0.15) is 40.3 Å². The number of anilines is 1. The molecule has 0 saturated carbocycles. The Labute approximate surface area is 201 Å². The van der Waals surface area contributed by atoms with Crippen LogP contribution < -0.4 is 5.32 Å². The molecule has 1 saturated heterocycles. The summed E-state index contributed by atoms with van der Waals surface area (Å²) in [6.07, 6.45) is 4.51. The Bertz CT molecular complexity index is 1310. The van der Waals surface area contributed by atoms with E-state index in [0.29, 0.717) is 56.4 Å². The predicted molar refractivity (Wildman–Crippen MR) is 125 cm³/mol. The van der Waals surface area contributed by atoms with Crippen molar-refractivity contribution < 1.29 is 14.7 Å². The number of aryl methyl sites for hydroxylation is 1. The van der Waals surface area contributed by atoms with Crippen LogP contribution in [0, 0.1) is 0 Å². The van der Waals surface area contributed by atoms with Crippen LogP contribution in [0.3, 0.4) is 0 Å². The Kier molecular flexibility index (Phi) is 5.40. The maximum absolute atomic E-state index is 13.0. The number of aliphatic hydroxyl groups is 1. The first kappa shape index (κ1) is 21.7. The Morgan fingerprint density at radius 3 is 2.83 bits per heavy atom. The lowest BCUT2D eigenvalue weighted by Crippen LogP contribution is -2.44. The molecule has 1 fully saturated rings. The van der Waals surface area contributed by atoms with E-state index in [1.807, 2.05) is 12.1 Å². The molecule has 3 amide bonds. The fourth-order valence-corrected chi connectivity index (χ4v) is 4.99. The van der Waals surface area contributed by atoms with Crippen molar-refractivity contribution in [2.75, 3.05) is 25.0 Å². The van der Waals surface area contributed by atoms with Gasteiger partial charge in [0, 0.05) is 45.3 Å². The average Bonchev–Trinajstić information content (AvgIpc) is 3.60. The smallest absolute Gasteiger partial charge is 0.320 e. The molecule has 6 heterocycles. The monoisotopic (exact) mass is 474 g/mol. The maximum atomic E-state index is 13.0. The van der Waals surface area contributed by atoms with Gasteiger partial charge in [-0.1, -0.05) is 6.07 Å². The zero-order valence-electron chi connectivity index (χ0n) is 19.2. The third-order valence-corrected chi connectivity index (χ3v) is 6.86. The summed E-state index contributed by atoms with van der Waals surface area (Å²) < 4.78 is 2.06. The largest absolute Gasteiger partial charge is 0.391 e. The molecule has 2 N–H and O–H groups in total. The molecule has 11 heteroatoms. The Hall–Kier alpha value is -3.86. The molecule has 3 aromatic rings. The molecule has 3 aliphatic heterocycles. The molecular formula is C24H26N8O3. The SMILES string of the molecule is O=C(Nc1cccc(-c2nnc3n2CCC3)n1)c1cc2c(cn1)CCN(C(=O)N1CC[C@@H](O)C1)C2. The second-order valence-electron chi connectivity index (χ2n) is 9.24. The van der Waals surface area contributed by atoms with Crippen LogP contribution in [-0.4, -0.2) is 77.3 Å². The molecule has 3 aliphatic rings. The highest BCUT2D eigenvalue weighted by atomic mass is 16.3. The highest BCUT2D eigenvalue weighted by molar-refractivity contribution is 6.02. The van der Waals surface area contributed by atoms with Crippen molar-refractivity contribution in [3.05, 3.63) is 53.1 Å². The lowest BCUT2D eigenvalue weighted by atomic mass is 10.0. The van der Waals surface area contributed by atoms with Gasteiger partial charge in [-0.15, -0.1) is 10.2 Å². The van der Waals surface area contributed by atoms with Gasteiger partial charge >= 0.3 is 6.03 Å². The third-order valence-electron chi connectivity index (χ3n) is 6.86. The van der Waals surface area contributed by atoms with Gasteiger partial charge in [0.1, 0.15) is 23.0 Å². The lowest BCUT2D eigenvalue weighted by Gasteiger charge is -2.32. The Morgan fingerprint density at radius 2 is 1.97 bits per heavy atom. The standard InChI is InChI=1S/C24H26N8O3/c33-17-7-10-31(14-17)24(35)30-9-6-15-12-25-19(11-16(15)13-30)23(34)27-20-4-1-3-18(26-20)22-29-28-21-5-2-8-32(21)22/h1,3-4,11-12,17,33H,2,5-10,13-14H2,(H,26,27,34)/t17-/m1/s1. The number of fused-ring (bicyclic) bond motifs is 2. The van der Waals surface area contributed by atoms with E-state index < -0.39 is 6.10 Å². The van der Waals surface area contributed by atoms with Gasteiger partial charge in [0.2, 0.25) is 0 Å². The Morgan fingerprint density at radius 1 is 1.06 bits per heavy atom. The quantitative estimate of drug-likeness (QED) is 0.588. The number of carbonyl (C=O) groups is 2. The Balaban J connectivity index is 1.17. The van der Waals surface area contributed by atoms with Crippen molar-refractivity contribution in [2.24, 2.45) is 0 Å². The lowest BCUT2D eigenvalue weighted by molar-refractivity contribution is 0.102. The molecule has 35 heavy (non-hydrogen) atoms. The number of aromatic nitrogens is 5. The summed E-state index contributed by atoms with van der Waals surface area (Å²) in [4.78, 5) is 38.2. The van der Waals surface area contributed by atoms with Crippen LogP contribution in [0.25, 0.3) is 11.5 Å². The van der Waals surface area contributed by atoms with Crippen LogP contribution in [0.15, 0.2) is 30.5 Å². The molecule has 0 aliphatic carbocycles. The van der Waals surface area contributed by atoms with Crippen molar-refractivity contribution in [1.82, 2.24) is 34.5 Å². The second-order valence-corrected chi connectivity index (χ2v) is 9.24. The number of rotatable bonds is 3. The zero-order chi connectivity index (χ0) is 23.9. The van der Waals surface area contributed by atoms with Crippen LogP contribution >= 0.6 is 0 Å². The number of hydrogen-bond acceptors (Lipinski definition) is 7. The van der Waals surface area contributed by atoms with Gasteiger partial charge in [-0.3, -0.25) is 9.78 Å². The minimum atomic E-state index is -0.451. The van der Waals surface area contributed by atoms with Crippen LogP contribution in [0.4, 0.5) is 10.6 Å². The van der Waals surface area contributed by atoms with Crippen molar-refractivity contribution >= 4 is 17.8 Å². The van der Waals surface area contributed by atoms with E-state index in [9.17, 15) is 14.7 Å². The van der Waals surface area contributed by atoms with Gasteiger partial charge in [-0.25, -0.2) is 9.78 Å². The molecule has 1 atom stereocenters. The first-order valence-corrected chi connectivity index (χ1v) is 12.0. The number of hydrogen-bond donors (Lipinski definition) is 2. The summed E-state index contributed by atoms with van der Waals surface area (Å²) in [6, 6.07) is 7.08. The molecule has 0 bridgehead atoms. The number of aliphatic hydroxyl groups excluding tert-OH is 1. The van der Waals surface area contributed by atoms with E-state index in [-0.39, 0.29) is 17.6 Å². The highest BCUT2D eigenvalue weighted by Crippen LogP contribution is 2.24. The van der Waals surface area contributed by atoms with Gasteiger partial charge in [-0.2, -0.15) is 0 Å². The number of carbonyl (C=O) groups excluding carboxylic acids is 2. The number of pyridine rings is 2. The summed E-state index contributed by atoms with van der Waals surface area (Å²) in [7, 11) is 0. The number of likely N-dealkylation sites (tertiary alicyclic amines) is 1. The predicted octanol–water partition coefficient (Wildman–Crippen LogP) is 1.48. The molecule has 11 nitrogen and oxygen atoms in total. The van der Waals surface area contributed by atoms with E-state index in [1.165, 1.54) is 0 Å². The molecule has 0 aromatic carbocycles. The normalized spacial score (nSPS) is 18.9. The summed E-state index contributed by atoms with van der Waals surface area (Å²) >= 11 is 0. The van der Waals surface area contributed by atoms with E-state index in [2.05, 4.69) is 30.0 Å². The van der Waals surface area contributed by atoms with E-state index in [0.717, 1.165) is 36.3 Å². The summed E-state index contributed by atoms with van der Waals surface area (Å²) in [6.45, 7) is 2.81. The van der Waals surface area contributed by atoms with E-state index in [4.69, 9.17) is 0 Å². The van der Waals surface area contributed by atoms with Crippen LogP contribution in [0.2, 0.25) is 0 Å². The molecule has 180 valence electrons. The van der Waals surface area contributed by atoms with Crippen molar-refractivity contribution in [1.29, 1.82) is 0 Å². The minimum absolute atomic E-state index is 0.0732. The van der Waals surface area contributed by atoms with Crippen LogP contribution in [-0.2, 0) is 25.9 Å². The molecule has 3 aromatic heterocycles. The molecule has 0 radical (unpaired) electrons. The summed E-state index contributed by atoms with van der Waals surface area (Å²) in [5, 5.41) is 21.1. The number of nitrogens with zero attached hydrogens (tertiary/aromatic N) is 7. The van der Waals surface area contributed by atoms with Crippen molar-refractivity contribution in [2.45, 2.75) is 44.9 Å². The molecule has 0 spiro atoms. The van der Waals surface area contributed by atoms with Gasteiger partial charge in [0.15, 0.2) is 5.82 Å². The van der Waals surface area contributed by atoms with Gasteiger partial charge in [0.05, 0.1) is 6.10 Å². The number of β-amino-alcohol motifs (C(OH)–C–C–N with tert-alkyl or cyclic N) is 1. The average molecular weight is 475 g/mol. The third kappa shape index (κ3) is 4.12. The van der Waals surface area contributed by atoms with E-state index >= 15 is 0 Å². The second kappa shape index (κ2) is 8.73.